The first-order valence-corrected chi connectivity index (χ1v) is 7.43. The van der Waals surface area contributed by atoms with Gasteiger partial charge in [0.2, 0.25) is 10.0 Å². The average molecular weight is 295 g/mol. The number of furan rings is 1. The molecule has 0 unspecified atom stereocenters. The molecule has 0 aliphatic heterocycles. The molecule has 0 saturated heterocycles. The van der Waals surface area contributed by atoms with Crippen molar-refractivity contribution in [2.75, 3.05) is 0 Å². The van der Waals surface area contributed by atoms with Gasteiger partial charge < -0.3 is 14.5 Å². The predicted octanol–water partition coefficient (Wildman–Crippen LogP) is 0.419. The van der Waals surface area contributed by atoms with Gasteiger partial charge in [0.1, 0.15) is 5.58 Å². The Hall–Kier alpha value is -1.61. The molecular weight excluding hydrogens is 281 g/mol. The van der Waals surface area contributed by atoms with Crippen LogP contribution >= 0.6 is 0 Å². The van der Waals surface area contributed by atoms with E-state index in [2.05, 4.69) is 11.3 Å². The third-order valence-corrected chi connectivity index (χ3v) is 3.97. The first kappa shape index (κ1) is 14.8. The van der Waals surface area contributed by atoms with Crippen molar-refractivity contribution in [1.29, 1.82) is 0 Å². The maximum Gasteiger partial charge on any atom is 0.471 e. The van der Waals surface area contributed by atoms with Gasteiger partial charge in [-0.3, -0.25) is 0 Å². The minimum Gasteiger partial charge on any atom is -0.464 e. The molecule has 0 aliphatic rings. The molecule has 1 atom stereocenters. The molecule has 0 aliphatic carbocycles. The van der Waals surface area contributed by atoms with Gasteiger partial charge >= 0.3 is 7.12 Å². The molecule has 8 heteroatoms. The number of hydrogen-bond donors (Lipinski definition) is 3. The zero-order chi connectivity index (χ0) is 14.8. The molecule has 1 aromatic carbocycles. The Morgan fingerprint density at radius 1 is 1.40 bits per heavy atom. The molecule has 0 fully saturated rings. The molecule has 1 heterocycles. The van der Waals surface area contributed by atoms with E-state index >= 15 is 0 Å². The summed E-state index contributed by atoms with van der Waals surface area (Å²) in [6.07, 6.45) is 1.56. The lowest BCUT2D eigenvalue weighted by Crippen LogP contribution is -2.47. The zero-order valence-corrected chi connectivity index (χ0v) is 11.4. The molecule has 0 spiro atoms. The van der Waals surface area contributed by atoms with Crippen LogP contribution in [0.5, 0.6) is 0 Å². The summed E-state index contributed by atoms with van der Waals surface area (Å²) in [6, 6.07) is 7.22. The summed E-state index contributed by atoms with van der Waals surface area (Å²) in [7, 11) is -5.59. The summed E-state index contributed by atoms with van der Waals surface area (Å²) in [4.78, 5) is 0. The normalized spacial score (nSPS) is 13.3. The van der Waals surface area contributed by atoms with E-state index in [1.807, 2.05) is 18.2 Å². The smallest absolute Gasteiger partial charge is 0.464 e. The van der Waals surface area contributed by atoms with Gasteiger partial charge in [-0.25, -0.2) is 13.1 Å². The van der Waals surface area contributed by atoms with Crippen LogP contribution in [0.2, 0.25) is 0 Å². The van der Waals surface area contributed by atoms with E-state index in [9.17, 15) is 18.5 Å². The standard InChI is InChI=1S/C12H14BNO5S/c1-2-20(17,18)14-12(13(15)16)7-9-8-19-11-6-4-3-5-10(9)11/h2-6,8,12,14-16H,1,7H2/t12-/m0/s1. The highest BCUT2D eigenvalue weighted by atomic mass is 32.2. The van der Waals surface area contributed by atoms with Crippen LogP contribution in [-0.2, 0) is 16.4 Å². The van der Waals surface area contributed by atoms with E-state index < -0.39 is 23.1 Å². The third-order valence-electron chi connectivity index (χ3n) is 2.90. The lowest BCUT2D eigenvalue weighted by Gasteiger charge is -2.15. The van der Waals surface area contributed by atoms with Gasteiger partial charge in [-0.15, -0.1) is 0 Å². The molecule has 0 bridgehead atoms. The Labute approximate surface area is 116 Å². The number of sulfonamides is 1. The second-order valence-corrected chi connectivity index (χ2v) is 5.97. The van der Waals surface area contributed by atoms with Crippen molar-refractivity contribution in [3.05, 3.63) is 48.1 Å². The highest BCUT2D eigenvalue weighted by Crippen LogP contribution is 2.22. The summed E-state index contributed by atoms with van der Waals surface area (Å²) in [5, 5.41) is 20.1. The maximum absolute atomic E-state index is 11.4. The SMILES string of the molecule is C=CS(=O)(=O)N[C@@H](Cc1coc2ccccc12)B(O)O. The molecule has 1 aromatic heterocycles. The molecule has 6 nitrogen and oxygen atoms in total. The van der Waals surface area contributed by atoms with Crippen LogP contribution in [0.15, 0.2) is 46.9 Å². The highest BCUT2D eigenvalue weighted by molar-refractivity contribution is 7.92. The van der Waals surface area contributed by atoms with Gasteiger partial charge in [0, 0.05) is 10.8 Å². The molecule has 20 heavy (non-hydrogen) atoms. The third kappa shape index (κ3) is 3.28. The van der Waals surface area contributed by atoms with Gasteiger partial charge in [-0.05, 0) is 18.1 Å². The van der Waals surface area contributed by atoms with Gasteiger partial charge in [0.15, 0.2) is 0 Å². The van der Waals surface area contributed by atoms with Gasteiger partial charge in [-0.1, -0.05) is 24.8 Å². The minimum absolute atomic E-state index is 0.0851. The van der Waals surface area contributed by atoms with Crippen molar-refractivity contribution in [3.8, 4) is 0 Å². The topological polar surface area (TPSA) is 99.8 Å². The molecule has 0 amide bonds. The number of fused-ring (bicyclic) bond motifs is 1. The van der Waals surface area contributed by atoms with Crippen molar-refractivity contribution in [2.45, 2.75) is 12.4 Å². The lowest BCUT2D eigenvalue weighted by atomic mass is 9.77. The molecule has 0 radical (unpaired) electrons. The van der Waals surface area contributed by atoms with E-state index in [-0.39, 0.29) is 6.42 Å². The second-order valence-electron chi connectivity index (χ2n) is 4.31. The van der Waals surface area contributed by atoms with E-state index in [1.165, 1.54) is 6.26 Å². The molecule has 0 saturated carbocycles. The number of hydrogen-bond acceptors (Lipinski definition) is 5. The molecule has 106 valence electrons. The number of nitrogens with one attached hydrogen (secondary N) is 1. The van der Waals surface area contributed by atoms with Crippen LogP contribution in [0, 0.1) is 0 Å². The predicted molar refractivity (Wildman–Crippen MR) is 76.2 cm³/mol. The number of rotatable bonds is 6. The summed E-state index contributed by atoms with van der Waals surface area (Å²) in [5.74, 6) is -1.08. The Bertz CT molecular complexity index is 709. The van der Waals surface area contributed by atoms with Crippen molar-refractivity contribution >= 4 is 28.1 Å². The van der Waals surface area contributed by atoms with Crippen LogP contribution in [0.3, 0.4) is 0 Å². The summed E-state index contributed by atoms with van der Waals surface area (Å²) < 4.78 is 30.3. The Morgan fingerprint density at radius 3 is 2.75 bits per heavy atom. The number of para-hydroxylation sites is 1. The first-order chi connectivity index (χ1) is 9.43. The van der Waals surface area contributed by atoms with Crippen LogP contribution in [-0.4, -0.2) is 31.5 Å². The Balaban J connectivity index is 2.26. The van der Waals surface area contributed by atoms with E-state index in [0.29, 0.717) is 11.1 Å². The van der Waals surface area contributed by atoms with Crippen molar-refractivity contribution in [2.24, 2.45) is 0 Å². The van der Waals surface area contributed by atoms with E-state index in [0.717, 1.165) is 10.8 Å². The first-order valence-electron chi connectivity index (χ1n) is 5.89. The summed E-state index contributed by atoms with van der Waals surface area (Å²) in [5.41, 5.74) is 1.34. The fourth-order valence-corrected chi connectivity index (χ4v) is 2.62. The molecule has 2 rings (SSSR count). The van der Waals surface area contributed by atoms with Crippen LogP contribution in [0.1, 0.15) is 5.56 Å². The van der Waals surface area contributed by atoms with E-state index in [1.54, 1.807) is 6.07 Å². The highest BCUT2D eigenvalue weighted by Gasteiger charge is 2.28. The molecule has 3 N–H and O–H groups in total. The van der Waals surface area contributed by atoms with Crippen LogP contribution in [0.4, 0.5) is 0 Å². The molecular formula is C12H14BNO5S. The van der Waals surface area contributed by atoms with Crippen LogP contribution in [0.25, 0.3) is 11.0 Å². The number of benzene rings is 1. The Kier molecular flexibility index (Phi) is 4.29. The fraction of sp³-hybridized carbons (Fsp3) is 0.167. The summed E-state index contributed by atoms with van der Waals surface area (Å²) >= 11 is 0. The Morgan fingerprint density at radius 2 is 2.10 bits per heavy atom. The van der Waals surface area contributed by atoms with Gasteiger partial charge in [0.25, 0.3) is 0 Å². The van der Waals surface area contributed by atoms with Crippen molar-refractivity contribution in [1.82, 2.24) is 4.72 Å². The molecule has 2 aromatic rings. The van der Waals surface area contributed by atoms with Gasteiger partial charge in [-0.2, -0.15) is 0 Å². The van der Waals surface area contributed by atoms with Crippen molar-refractivity contribution in [3.63, 3.8) is 0 Å². The quantitative estimate of drug-likeness (QED) is 0.671. The minimum atomic E-state index is -3.76. The van der Waals surface area contributed by atoms with E-state index in [4.69, 9.17) is 4.42 Å². The van der Waals surface area contributed by atoms with Gasteiger partial charge in [0.05, 0.1) is 12.2 Å². The second kappa shape index (κ2) is 5.80. The van der Waals surface area contributed by atoms with Crippen molar-refractivity contribution < 1.29 is 22.9 Å². The largest absolute Gasteiger partial charge is 0.471 e. The summed E-state index contributed by atoms with van der Waals surface area (Å²) in [6.45, 7) is 3.16. The van der Waals surface area contributed by atoms with Crippen LogP contribution < -0.4 is 4.72 Å². The zero-order valence-electron chi connectivity index (χ0n) is 10.6. The fourth-order valence-electron chi connectivity index (χ4n) is 1.89. The monoisotopic (exact) mass is 295 g/mol. The average Bonchev–Trinajstić information content (AvgIpc) is 2.81. The maximum atomic E-state index is 11.4. The lowest BCUT2D eigenvalue weighted by molar-refractivity contribution is 0.379.